The van der Waals surface area contributed by atoms with E-state index in [0.29, 0.717) is 23.9 Å². The van der Waals surface area contributed by atoms with Crippen LogP contribution in [0.15, 0.2) is 24.3 Å². The Hall–Kier alpha value is -1.26. The summed E-state index contributed by atoms with van der Waals surface area (Å²) in [7, 11) is 0. The van der Waals surface area contributed by atoms with Crippen LogP contribution in [0.4, 0.5) is 5.69 Å². The summed E-state index contributed by atoms with van der Waals surface area (Å²) in [6, 6.07) is 7.86. The number of carbonyl (C=O) groups is 1. The zero-order valence-corrected chi connectivity index (χ0v) is 11.9. The fourth-order valence-electron chi connectivity index (χ4n) is 2.06. The molecule has 1 aromatic carbocycles. The first-order chi connectivity index (χ1) is 8.65. The van der Waals surface area contributed by atoms with Crippen LogP contribution in [-0.2, 0) is 4.74 Å². The van der Waals surface area contributed by atoms with Crippen molar-refractivity contribution in [3.8, 4) is 0 Å². The number of quaternary nitrogens is 1. The average molecular weight is 285 g/mol. The minimum Gasteiger partial charge on any atom is -1.00 e. The van der Waals surface area contributed by atoms with Crippen molar-refractivity contribution in [1.82, 2.24) is 0 Å². The quantitative estimate of drug-likeness (QED) is 0.482. The van der Waals surface area contributed by atoms with Gasteiger partial charge < -0.3 is 28.2 Å². The highest BCUT2D eigenvalue weighted by Gasteiger charge is 2.23. The Kier molecular flexibility index (Phi) is 6.12. The zero-order chi connectivity index (χ0) is 13.0. The minimum atomic E-state index is -0.274. The number of benzene rings is 1. The molecule has 1 aromatic rings. The molecule has 0 bridgehead atoms. The number of ether oxygens (including phenoxy) is 1. The van der Waals surface area contributed by atoms with Gasteiger partial charge in [-0.25, -0.2) is 4.79 Å². The van der Waals surface area contributed by atoms with Gasteiger partial charge in [-0.3, -0.25) is 0 Å². The molecule has 0 aliphatic heterocycles. The summed E-state index contributed by atoms with van der Waals surface area (Å²) in [5.41, 5.74) is 6.78. The Balaban J connectivity index is 0.00000180. The van der Waals surface area contributed by atoms with Crippen molar-refractivity contribution < 1.29 is 27.3 Å². The van der Waals surface area contributed by atoms with Crippen molar-refractivity contribution in [3.05, 3.63) is 29.8 Å². The third-order valence-electron chi connectivity index (χ3n) is 3.37. The average Bonchev–Trinajstić information content (AvgIpc) is 2.32. The van der Waals surface area contributed by atoms with Crippen LogP contribution in [0.3, 0.4) is 0 Å². The molecule has 4 nitrogen and oxygen atoms in total. The summed E-state index contributed by atoms with van der Waals surface area (Å²) in [6.07, 6.45) is 3.91. The van der Waals surface area contributed by atoms with Crippen LogP contribution >= 0.6 is 0 Å². The molecule has 1 unspecified atom stereocenters. The number of hydrogen-bond acceptors (Lipinski definition) is 3. The standard InChI is InChI=1S/C14H20N2O2.ClH/c1-10(16-13-3-2-4-13)9-18-14(17)11-5-7-12(15)8-6-11;/h5-8,10,13,16H,2-4,9,15H2,1H3;1H. The van der Waals surface area contributed by atoms with Gasteiger partial charge in [0.15, 0.2) is 0 Å². The molecule has 1 fully saturated rings. The van der Waals surface area contributed by atoms with Crippen LogP contribution in [0.2, 0.25) is 0 Å². The van der Waals surface area contributed by atoms with Crippen molar-refractivity contribution in [3.63, 3.8) is 0 Å². The first-order valence-electron chi connectivity index (χ1n) is 6.53. The van der Waals surface area contributed by atoms with Gasteiger partial charge >= 0.3 is 5.97 Å². The molecule has 0 saturated heterocycles. The van der Waals surface area contributed by atoms with Crippen molar-refractivity contribution >= 4 is 11.7 Å². The lowest BCUT2D eigenvalue weighted by Crippen LogP contribution is -3.00. The Morgan fingerprint density at radius 2 is 2.05 bits per heavy atom. The summed E-state index contributed by atoms with van der Waals surface area (Å²) in [5.74, 6) is -0.274. The van der Waals surface area contributed by atoms with Gasteiger partial charge in [0.2, 0.25) is 0 Å². The monoisotopic (exact) mass is 284 g/mol. The molecule has 0 spiro atoms. The third kappa shape index (κ3) is 4.73. The number of nitrogen functional groups attached to an aromatic ring is 1. The smallest absolute Gasteiger partial charge is 0.338 e. The van der Waals surface area contributed by atoms with E-state index in [9.17, 15) is 4.79 Å². The SMILES string of the molecule is CC(COC(=O)c1ccc(N)cc1)[NH2+]C1CCC1.[Cl-]. The number of anilines is 1. The molecule has 0 aromatic heterocycles. The number of esters is 1. The number of rotatable bonds is 5. The fraction of sp³-hybridized carbons (Fsp3) is 0.500. The largest absolute Gasteiger partial charge is 1.00 e. The van der Waals surface area contributed by atoms with Gasteiger partial charge in [0.25, 0.3) is 0 Å². The molecular weight excluding hydrogens is 264 g/mol. The molecule has 1 saturated carbocycles. The molecule has 0 heterocycles. The van der Waals surface area contributed by atoms with Crippen molar-refractivity contribution in [1.29, 1.82) is 0 Å². The molecule has 5 heteroatoms. The van der Waals surface area contributed by atoms with Gasteiger partial charge in [-0.05, 0) is 50.5 Å². The van der Waals surface area contributed by atoms with E-state index < -0.39 is 0 Å². The van der Waals surface area contributed by atoms with E-state index in [2.05, 4.69) is 12.2 Å². The van der Waals surface area contributed by atoms with Gasteiger partial charge in [0, 0.05) is 5.69 Å². The van der Waals surface area contributed by atoms with E-state index in [1.807, 2.05) is 0 Å². The van der Waals surface area contributed by atoms with Gasteiger partial charge in [-0.2, -0.15) is 0 Å². The lowest BCUT2D eigenvalue weighted by atomic mass is 9.92. The molecular formula is C14H21ClN2O2. The van der Waals surface area contributed by atoms with E-state index in [0.717, 1.165) is 6.04 Å². The highest BCUT2D eigenvalue weighted by molar-refractivity contribution is 5.89. The van der Waals surface area contributed by atoms with Crippen LogP contribution in [0, 0.1) is 0 Å². The van der Waals surface area contributed by atoms with Gasteiger partial charge in [-0.1, -0.05) is 0 Å². The van der Waals surface area contributed by atoms with Gasteiger partial charge in [-0.15, -0.1) is 0 Å². The minimum absolute atomic E-state index is 0. The van der Waals surface area contributed by atoms with E-state index in [-0.39, 0.29) is 18.4 Å². The molecule has 106 valence electrons. The molecule has 1 aliphatic rings. The first kappa shape index (κ1) is 15.8. The first-order valence-corrected chi connectivity index (χ1v) is 6.53. The fourth-order valence-corrected chi connectivity index (χ4v) is 2.06. The van der Waals surface area contributed by atoms with Crippen molar-refractivity contribution in [2.45, 2.75) is 38.3 Å². The molecule has 0 radical (unpaired) electrons. The zero-order valence-electron chi connectivity index (χ0n) is 11.1. The van der Waals surface area contributed by atoms with E-state index in [1.54, 1.807) is 24.3 Å². The highest BCUT2D eigenvalue weighted by Crippen LogP contribution is 2.14. The Morgan fingerprint density at radius 3 is 2.58 bits per heavy atom. The van der Waals surface area contributed by atoms with Gasteiger partial charge in [0.1, 0.15) is 12.6 Å². The van der Waals surface area contributed by atoms with Crippen molar-refractivity contribution in [2.24, 2.45) is 0 Å². The second-order valence-corrected chi connectivity index (χ2v) is 5.08. The molecule has 2 rings (SSSR count). The Labute approximate surface area is 120 Å². The van der Waals surface area contributed by atoms with E-state index >= 15 is 0 Å². The maximum Gasteiger partial charge on any atom is 0.338 e. The summed E-state index contributed by atoms with van der Waals surface area (Å²) in [5, 5.41) is 2.31. The third-order valence-corrected chi connectivity index (χ3v) is 3.37. The van der Waals surface area contributed by atoms with Crippen LogP contribution in [-0.4, -0.2) is 24.7 Å². The number of halogens is 1. The number of carbonyl (C=O) groups excluding carboxylic acids is 1. The van der Waals surface area contributed by atoms with Crippen LogP contribution in [0.5, 0.6) is 0 Å². The Bertz CT molecular complexity index is 404. The summed E-state index contributed by atoms with van der Waals surface area (Å²) < 4.78 is 5.29. The second kappa shape index (κ2) is 7.36. The van der Waals surface area contributed by atoms with Crippen LogP contribution < -0.4 is 23.5 Å². The maximum atomic E-state index is 11.8. The number of hydrogen-bond donors (Lipinski definition) is 2. The predicted octanol–water partition coefficient (Wildman–Crippen LogP) is -2.07. The second-order valence-electron chi connectivity index (χ2n) is 5.08. The van der Waals surface area contributed by atoms with Crippen LogP contribution in [0.25, 0.3) is 0 Å². The molecule has 1 atom stereocenters. The molecule has 0 amide bonds. The maximum absolute atomic E-state index is 11.8. The molecule has 19 heavy (non-hydrogen) atoms. The summed E-state index contributed by atoms with van der Waals surface area (Å²) in [4.78, 5) is 11.8. The molecule has 4 N–H and O–H groups in total. The van der Waals surface area contributed by atoms with E-state index in [1.165, 1.54) is 19.3 Å². The molecule has 1 aliphatic carbocycles. The van der Waals surface area contributed by atoms with Gasteiger partial charge in [0.05, 0.1) is 11.6 Å². The lowest BCUT2D eigenvalue weighted by molar-refractivity contribution is -0.728. The summed E-state index contributed by atoms with van der Waals surface area (Å²) in [6.45, 7) is 2.55. The van der Waals surface area contributed by atoms with Crippen molar-refractivity contribution in [2.75, 3.05) is 12.3 Å². The topological polar surface area (TPSA) is 68.9 Å². The normalized spacial score (nSPS) is 16.1. The lowest BCUT2D eigenvalue weighted by Gasteiger charge is -2.26. The Morgan fingerprint density at radius 1 is 1.42 bits per heavy atom. The van der Waals surface area contributed by atoms with E-state index in [4.69, 9.17) is 10.5 Å². The highest BCUT2D eigenvalue weighted by atomic mass is 35.5. The summed E-state index contributed by atoms with van der Waals surface area (Å²) >= 11 is 0. The van der Waals surface area contributed by atoms with Crippen LogP contribution in [0.1, 0.15) is 36.5 Å². The number of nitrogens with two attached hydrogens (primary N) is 2. The predicted molar refractivity (Wildman–Crippen MR) is 70.2 cm³/mol.